The van der Waals surface area contributed by atoms with Gasteiger partial charge in [-0.1, -0.05) is 66.7 Å². The molecule has 1 aliphatic rings. The molecule has 0 spiro atoms. The summed E-state index contributed by atoms with van der Waals surface area (Å²) in [5.74, 6) is -0.244. The van der Waals surface area contributed by atoms with Crippen molar-refractivity contribution in [1.82, 2.24) is 15.2 Å². The maximum Gasteiger partial charge on any atom is 0.411 e. The van der Waals surface area contributed by atoms with Crippen molar-refractivity contribution < 1.29 is 24.5 Å². The number of nitrogens with one attached hydrogen (secondary N) is 4. The van der Waals surface area contributed by atoms with Crippen molar-refractivity contribution in [2.45, 2.75) is 38.0 Å². The van der Waals surface area contributed by atoms with E-state index in [0.717, 1.165) is 66.3 Å². The van der Waals surface area contributed by atoms with E-state index in [1.165, 1.54) is 29.0 Å². The second kappa shape index (κ2) is 17.6. The number of thiophene rings is 1. The second-order valence-corrected chi connectivity index (χ2v) is 14.8. The van der Waals surface area contributed by atoms with Crippen LogP contribution in [0.2, 0.25) is 0 Å². The fraction of sp³-hybridized carbons (Fsp3) is 0.233. The van der Waals surface area contributed by atoms with Gasteiger partial charge in [0, 0.05) is 60.3 Å². The number of phenolic OH excluding ortho intramolecular Hbond substituents is 1. The molecule has 1 saturated heterocycles. The average Bonchev–Trinajstić information content (AvgIpc) is 3.68. The first-order valence-corrected chi connectivity index (χ1v) is 19.2. The van der Waals surface area contributed by atoms with E-state index >= 15 is 0 Å². The molecule has 3 heterocycles. The number of fused-ring (bicyclic) bond motifs is 1. The van der Waals surface area contributed by atoms with Crippen molar-refractivity contribution >= 4 is 45.6 Å². The van der Waals surface area contributed by atoms with E-state index in [9.17, 15) is 24.6 Å². The molecule has 55 heavy (non-hydrogen) atoms. The van der Waals surface area contributed by atoms with Gasteiger partial charge >= 0.3 is 6.09 Å². The number of rotatable bonds is 13. The topological polar surface area (TPSA) is 156 Å². The predicted octanol–water partition coefficient (Wildman–Crippen LogP) is 7.29. The minimum atomic E-state index is -0.874. The third kappa shape index (κ3) is 9.66. The van der Waals surface area contributed by atoms with Gasteiger partial charge in [-0.2, -0.15) is 0 Å². The molecule has 2 amide bonds. The Hall–Kier alpha value is -5.79. The van der Waals surface area contributed by atoms with Gasteiger partial charge in [-0.3, -0.25) is 14.9 Å². The lowest BCUT2D eigenvalue weighted by Gasteiger charge is -2.31. The summed E-state index contributed by atoms with van der Waals surface area (Å²) >= 11 is 1.38. The maximum absolute atomic E-state index is 13.0. The summed E-state index contributed by atoms with van der Waals surface area (Å²) in [4.78, 5) is 44.0. The highest BCUT2D eigenvalue weighted by atomic mass is 32.1. The van der Waals surface area contributed by atoms with Crippen molar-refractivity contribution in [3.63, 3.8) is 0 Å². The number of aliphatic hydroxyl groups excluding tert-OH is 1. The van der Waals surface area contributed by atoms with E-state index < -0.39 is 12.2 Å². The van der Waals surface area contributed by atoms with Crippen LogP contribution in [-0.4, -0.2) is 64.4 Å². The first-order chi connectivity index (χ1) is 26.8. The lowest BCUT2D eigenvalue weighted by molar-refractivity contribution is 0.0593. The molecule has 1 atom stereocenters. The Balaban J connectivity index is 0.813. The smallest absolute Gasteiger partial charge is 0.411 e. The zero-order valence-corrected chi connectivity index (χ0v) is 31.0. The molecule has 0 aliphatic carbocycles. The molecule has 2 aromatic heterocycles. The number of amides is 2. The number of aromatic nitrogens is 1. The Labute approximate surface area is 322 Å². The largest absolute Gasteiger partial charge is 0.506 e. The van der Waals surface area contributed by atoms with Crippen LogP contribution in [0.1, 0.15) is 44.6 Å². The number of nitrogens with zero attached hydrogens (tertiary/aromatic N) is 1. The summed E-state index contributed by atoms with van der Waals surface area (Å²) in [5.41, 5.74) is 5.14. The average molecular weight is 758 g/mol. The van der Waals surface area contributed by atoms with Crippen LogP contribution in [0, 0.1) is 0 Å². The van der Waals surface area contributed by atoms with Crippen LogP contribution in [0.5, 0.6) is 5.75 Å². The molecule has 11 nitrogen and oxygen atoms in total. The van der Waals surface area contributed by atoms with Crippen molar-refractivity contribution in [3.8, 4) is 16.9 Å². The summed E-state index contributed by atoms with van der Waals surface area (Å²) in [6, 6.07) is 35.3. The number of hydrogen-bond donors (Lipinski definition) is 6. The molecular formula is C43H43N5O6S. The summed E-state index contributed by atoms with van der Waals surface area (Å²) in [6.45, 7) is 3.29. The normalized spacial score (nSPS) is 14.1. The van der Waals surface area contributed by atoms with E-state index in [-0.39, 0.29) is 35.4 Å². The van der Waals surface area contributed by atoms with Crippen molar-refractivity contribution in [2.75, 3.05) is 36.8 Å². The fourth-order valence-electron chi connectivity index (χ4n) is 6.82. The van der Waals surface area contributed by atoms with E-state index in [1.54, 1.807) is 18.2 Å². The zero-order valence-electron chi connectivity index (χ0n) is 30.2. The molecule has 7 rings (SSSR count). The number of carbonyl (C=O) groups is 2. The number of phenols is 1. The van der Waals surface area contributed by atoms with Crippen LogP contribution in [0.15, 0.2) is 120 Å². The van der Waals surface area contributed by atoms with Crippen LogP contribution in [-0.2, 0) is 17.7 Å². The summed E-state index contributed by atoms with van der Waals surface area (Å²) in [5, 5.41) is 30.7. The number of aromatic amines is 1. The van der Waals surface area contributed by atoms with Crippen molar-refractivity contribution in [1.29, 1.82) is 0 Å². The summed E-state index contributed by atoms with van der Waals surface area (Å²) in [7, 11) is 0. The van der Waals surface area contributed by atoms with Gasteiger partial charge in [0.15, 0.2) is 0 Å². The first-order valence-electron chi connectivity index (χ1n) is 18.4. The number of anilines is 2. The molecule has 4 aromatic carbocycles. The first kappa shape index (κ1) is 37.5. The number of H-pyrrole nitrogens is 1. The summed E-state index contributed by atoms with van der Waals surface area (Å²) in [6.07, 6.45) is 1.00. The number of piperidine rings is 1. The van der Waals surface area contributed by atoms with Gasteiger partial charge < -0.3 is 35.5 Å². The number of ether oxygens (including phenoxy) is 1. The maximum atomic E-state index is 13.0. The molecule has 1 fully saturated rings. The number of hydrogen-bond acceptors (Lipinski definition) is 9. The highest BCUT2D eigenvalue weighted by Crippen LogP contribution is 2.30. The van der Waals surface area contributed by atoms with Crippen LogP contribution >= 0.6 is 11.3 Å². The molecule has 6 aromatic rings. The number of aromatic hydroxyl groups is 1. The number of para-hydroxylation sites is 1. The zero-order chi connectivity index (χ0) is 38.1. The monoisotopic (exact) mass is 757 g/mol. The van der Waals surface area contributed by atoms with Gasteiger partial charge in [-0.15, -0.1) is 11.3 Å². The number of carbonyl (C=O) groups excluding carboxylic acids is 2. The third-order valence-electron chi connectivity index (χ3n) is 9.77. The van der Waals surface area contributed by atoms with Crippen LogP contribution in [0.25, 0.3) is 22.0 Å². The minimum Gasteiger partial charge on any atom is -0.506 e. The molecule has 6 N–H and O–H groups in total. The molecular weight excluding hydrogens is 715 g/mol. The van der Waals surface area contributed by atoms with Crippen LogP contribution < -0.4 is 21.5 Å². The van der Waals surface area contributed by atoms with Gasteiger partial charge in [0.1, 0.15) is 11.9 Å². The van der Waals surface area contributed by atoms with E-state index in [2.05, 4.69) is 25.8 Å². The Morgan fingerprint density at radius 2 is 1.64 bits per heavy atom. The quantitative estimate of drug-likeness (QED) is 0.0718. The number of likely N-dealkylation sites (tertiary alicyclic amines) is 1. The molecule has 12 heteroatoms. The van der Waals surface area contributed by atoms with Gasteiger partial charge in [0.05, 0.1) is 22.2 Å². The van der Waals surface area contributed by atoms with Gasteiger partial charge in [-0.25, -0.2) is 4.79 Å². The second-order valence-electron chi connectivity index (χ2n) is 13.6. The highest BCUT2D eigenvalue weighted by Gasteiger charge is 2.23. The Bertz CT molecular complexity index is 2300. The van der Waals surface area contributed by atoms with E-state index in [4.69, 9.17) is 4.74 Å². The number of aliphatic hydroxyl groups is 1. The lowest BCUT2D eigenvalue weighted by Crippen LogP contribution is -2.39. The Kier molecular flexibility index (Phi) is 12.0. The Morgan fingerprint density at radius 3 is 2.44 bits per heavy atom. The predicted molar refractivity (Wildman–Crippen MR) is 217 cm³/mol. The molecule has 0 saturated carbocycles. The van der Waals surface area contributed by atoms with Crippen molar-refractivity contribution in [3.05, 3.63) is 146 Å². The standard InChI is InChI=1S/C43H43N5O6S/c49-37-17-15-34(35-16-19-40(51)47-41(35)37)38(50)27-44-26-32-14-18-39(55-32)42(52)45-30-12-10-28(11-13-30)20-23-48-24-21-31(22-25-48)54-43(53)46-36-9-5-4-8-33(36)29-6-2-1-3-7-29/h1-19,31,38,44,49-50H,20-27H2,(H,45,52)(H,46,53)(H,47,51). The number of pyridine rings is 1. The fourth-order valence-corrected chi connectivity index (χ4v) is 7.70. The number of benzene rings is 4. The summed E-state index contributed by atoms with van der Waals surface area (Å²) < 4.78 is 5.80. The van der Waals surface area contributed by atoms with Gasteiger partial charge in [0.2, 0.25) is 5.56 Å². The highest BCUT2D eigenvalue weighted by molar-refractivity contribution is 7.14. The minimum absolute atomic E-state index is 0.0572. The van der Waals surface area contributed by atoms with Crippen molar-refractivity contribution in [2.24, 2.45) is 0 Å². The lowest BCUT2D eigenvalue weighted by atomic mass is 10.0. The molecule has 0 bridgehead atoms. The molecule has 0 radical (unpaired) electrons. The van der Waals surface area contributed by atoms with Crippen LogP contribution in [0.3, 0.4) is 0 Å². The van der Waals surface area contributed by atoms with Crippen LogP contribution in [0.4, 0.5) is 16.2 Å². The van der Waals surface area contributed by atoms with E-state index in [1.807, 2.05) is 84.9 Å². The third-order valence-corrected chi connectivity index (χ3v) is 10.9. The van der Waals surface area contributed by atoms with Gasteiger partial charge in [-0.05, 0) is 78.4 Å². The SMILES string of the molecule is O=C(Nc1ccccc1-c1ccccc1)OC1CCN(CCc2ccc(NC(=O)c3ccc(CNCC(O)c4ccc(O)c5[nH]c(=O)ccc45)s3)cc2)CC1. The van der Waals surface area contributed by atoms with Gasteiger partial charge in [0.25, 0.3) is 5.91 Å². The molecule has 1 unspecified atom stereocenters. The Morgan fingerprint density at radius 1 is 0.873 bits per heavy atom. The molecule has 1 aliphatic heterocycles. The molecule has 282 valence electrons. The van der Waals surface area contributed by atoms with E-state index in [0.29, 0.717) is 22.4 Å².